The van der Waals surface area contributed by atoms with Crippen molar-refractivity contribution in [1.29, 1.82) is 0 Å². The average Bonchev–Trinajstić information content (AvgIpc) is 0.662. The molecule has 13 atom stereocenters. The van der Waals surface area contributed by atoms with Crippen LogP contribution < -0.4 is 47.4 Å². The van der Waals surface area contributed by atoms with Crippen LogP contribution in [-0.2, 0) is 56.0 Å². The summed E-state index contributed by atoms with van der Waals surface area (Å²) in [6.45, 7) is -21.2. The number of carbonyl (C=O) groups is 5. The largest absolute Gasteiger partial charge is 0.493 e. The molecule has 648 valence electrons. The maximum Gasteiger partial charge on any atom is 0.161 e. The molecule has 10 aliphatic rings. The van der Waals surface area contributed by atoms with Crippen molar-refractivity contribution in [3.05, 3.63) is 116 Å². The third-order valence-corrected chi connectivity index (χ3v) is 19.5. The summed E-state index contributed by atoms with van der Waals surface area (Å²) in [6, 6.07) is -19.8. The highest BCUT2D eigenvalue weighted by Gasteiger charge is 2.45. The number of ketones is 5. The van der Waals surface area contributed by atoms with Gasteiger partial charge in [0.15, 0.2) is 57.5 Å². The molecule has 5 fully saturated rings. The van der Waals surface area contributed by atoms with Gasteiger partial charge >= 0.3 is 0 Å². The van der Waals surface area contributed by atoms with Crippen molar-refractivity contribution in [2.45, 2.75) is 214 Å². The van der Waals surface area contributed by atoms with Crippen LogP contribution in [0.25, 0.3) is 0 Å². The highest BCUT2D eigenvalue weighted by Crippen LogP contribution is 2.49. The highest BCUT2D eigenvalue weighted by molar-refractivity contribution is 5.86. The van der Waals surface area contributed by atoms with E-state index in [4.69, 9.17) is 160 Å². The van der Waals surface area contributed by atoms with Crippen LogP contribution in [0.4, 0.5) is 0 Å². The van der Waals surface area contributed by atoms with Gasteiger partial charge in [0.2, 0.25) is 0 Å². The average molecular weight is 1710 g/mol. The molecule has 0 N–H and O–H groups in total. The topological polar surface area (TPSA) is 194 Å². The van der Waals surface area contributed by atoms with Crippen LogP contribution in [0.2, 0.25) is 0 Å². The molecule has 13 unspecified atom stereocenters. The molecule has 0 radical (unpaired) electrons. The van der Waals surface area contributed by atoms with Crippen molar-refractivity contribution in [2.24, 2.45) is 59.1 Å². The number of benzene rings is 5. The number of rotatable bonds is 23. The van der Waals surface area contributed by atoms with Crippen LogP contribution in [0.5, 0.6) is 57.5 Å². The maximum absolute atomic E-state index is 14.0. The first-order valence-electron chi connectivity index (χ1n) is 77.8. The summed E-state index contributed by atoms with van der Waals surface area (Å²) >= 11 is 0. The first-order chi connectivity index (χ1) is 88.7. The molecule has 0 amide bonds. The van der Waals surface area contributed by atoms with E-state index < -0.39 is 471 Å². The van der Waals surface area contributed by atoms with Crippen LogP contribution >= 0.6 is 0 Å². The number of ether oxygens (including phenoxy) is 10. The molecule has 5 aromatic rings. The van der Waals surface area contributed by atoms with E-state index in [0.29, 0.717) is 37.0 Å². The van der Waals surface area contributed by atoms with Crippen molar-refractivity contribution in [2.75, 3.05) is 136 Å². The van der Waals surface area contributed by atoms with Crippen LogP contribution in [0.15, 0.2) is 60.4 Å². The lowest BCUT2D eigenvalue weighted by Crippen LogP contribution is -2.46. The van der Waals surface area contributed by atoms with Gasteiger partial charge in [0, 0.05) is 217 Å². The first kappa shape index (κ1) is 31.9. The second-order valence-electron chi connectivity index (χ2n) is 27.9. The van der Waals surface area contributed by atoms with Gasteiger partial charge in [-0.05, 0) is 210 Å². The van der Waals surface area contributed by atoms with Gasteiger partial charge in [-0.1, -0.05) is 88.1 Å². The van der Waals surface area contributed by atoms with Crippen LogP contribution in [0, 0.1) is 59.1 Å². The Balaban J connectivity index is 0.000000231. The summed E-state index contributed by atoms with van der Waals surface area (Å²) in [5.74, 6) is -39.8. The number of fused-ring (bicyclic) bond motifs is 15. The molecule has 5 aromatic carbocycles. The molecule has 0 spiro atoms. The Labute approximate surface area is 822 Å². The quantitative estimate of drug-likeness (QED) is 0.0598. The second-order valence-corrected chi connectivity index (χ2v) is 27.9. The molecular formula is C98H141N5O15. The first-order valence-corrected chi connectivity index (χ1v) is 36.3. The molecule has 0 aromatic heterocycles. The van der Waals surface area contributed by atoms with Crippen LogP contribution in [-0.4, -0.2) is 189 Å². The Kier molecular flexibility index (Phi) is 11.3. The van der Waals surface area contributed by atoms with Gasteiger partial charge in [0.25, 0.3) is 0 Å². The third-order valence-electron chi connectivity index (χ3n) is 19.5. The van der Waals surface area contributed by atoms with Gasteiger partial charge in [-0.2, -0.15) is 0 Å². The minimum Gasteiger partial charge on any atom is -0.493 e. The van der Waals surface area contributed by atoms with E-state index in [-0.39, 0.29) is 78.5 Å². The van der Waals surface area contributed by atoms with E-state index in [9.17, 15) is 25.3 Å². The molecule has 0 aliphatic carbocycles. The lowest BCUT2D eigenvalue weighted by Gasteiger charge is -2.43. The lowest BCUT2D eigenvalue weighted by atomic mass is 9.79. The standard InChI is InChI=1S/3C20H29NO3.2C19H27NO3/c3*1-5-13(2)8-15-12-21-7-6-14-9-19(23-3)20(24-4)10-16(14)17(21)11-18(15)22;2*1-12(2)7-14-11-20-6-5-13-8-18(22-3)19(23-4)9-15(13)16(20)10-17(14)21/h3*9-10,13,15,17H,5-8,11-12H2,1-4H3;2*8-9,12,14,16H,5-7,10-11H2,1-4H3/i2D3,3D3,4D3,5D2,8D2,9D,10D,11D2,12D2,13D,15D;2D3,4D3,5D2,6D2,7D2,8D2,9D,10D,13D,17D;2D3,3D3,4D3,5D2,8D2,9D,10D,12D2,13D;3D3,4D3,8D,9D,10D2,11D2,14D;3D3,4D3,5D2,6D2,8D,9D,16D. The minimum atomic E-state index is -4.29. The molecule has 20 heteroatoms. The summed E-state index contributed by atoms with van der Waals surface area (Å²) in [7, 11) is -28.3. The molecule has 10 heterocycles. The fraction of sp³-hybridized carbons (Fsp3) is 0.643. The molecular weight excluding hydrogens is 1490 g/mol. The van der Waals surface area contributed by atoms with Gasteiger partial charge < -0.3 is 47.4 Å². The Morgan fingerprint density at radius 2 is 0.737 bits per heavy atom. The summed E-state index contributed by atoms with van der Waals surface area (Å²) in [5.41, 5.74) is -5.15. The number of piperidine rings is 5. The minimum absolute atomic E-state index is 0.0438. The van der Waals surface area contributed by atoms with Gasteiger partial charge in [-0.15, -0.1) is 0 Å². The lowest BCUT2D eigenvalue weighted by molar-refractivity contribution is -0.130. The fourth-order valence-corrected chi connectivity index (χ4v) is 13.9. The predicted octanol–water partition coefficient (Wildman–Crippen LogP) is 17.4. The molecule has 15 rings (SSSR count). The van der Waals surface area contributed by atoms with Gasteiger partial charge in [-0.3, -0.25) is 48.5 Å². The summed E-state index contributed by atoms with van der Waals surface area (Å²) in [6.07, 6.45) is -37.6. The van der Waals surface area contributed by atoms with E-state index in [1.54, 1.807) is 13.8 Å². The molecule has 0 saturated carbocycles. The summed E-state index contributed by atoms with van der Waals surface area (Å²) < 4.78 is 723. The van der Waals surface area contributed by atoms with Crippen molar-refractivity contribution in [3.63, 3.8) is 0 Å². The van der Waals surface area contributed by atoms with Crippen molar-refractivity contribution in [1.82, 2.24) is 24.5 Å². The zero-order valence-electron chi connectivity index (χ0n) is 148. The van der Waals surface area contributed by atoms with Gasteiger partial charge in [0.1, 0.15) is 28.9 Å². The van der Waals surface area contributed by atoms with Crippen molar-refractivity contribution < 1.29 is 185 Å². The fourth-order valence-electron chi connectivity index (χ4n) is 13.9. The maximum atomic E-state index is 14.0. The van der Waals surface area contributed by atoms with E-state index in [1.807, 2.05) is 13.8 Å². The molecule has 0 bridgehead atoms. The number of Topliss-reactive ketones (excluding diaryl/α,β-unsaturated/α-hetero) is 5. The third kappa shape index (κ3) is 21.0. The van der Waals surface area contributed by atoms with E-state index in [0.717, 1.165) is 21.8 Å². The van der Waals surface area contributed by atoms with Gasteiger partial charge in [-0.25, -0.2) is 0 Å². The molecule has 5 saturated heterocycles. The van der Waals surface area contributed by atoms with E-state index in [1.165, 1.54) is 0 Å². The van der Waals surface area contributed by atoms with E-state index >= 15 is 0 Å². The number of nitrogens with zero attached hydrogens (tertiary/aromatic N) is 5. The number of hydrogen-bond donors (Lipinski definition) is 0. The second kappa shape index (κ2) is 41.7. The normalized spacial score (nSPS) is 44.2. The van der Waals surface area contributed by atoms with Crippen LogP contribution in [0.3, 0.4) is 0 Å². The number of hydrogen-bond acceptors (Lipinski definition) is 20. The Bertz CT molecular complexity index is 8150. The van der Waals surface area contributed by atoms with Crippen molar-refractivity contribution in [3.8, 4) is 57.5 Å². The molecule has 10 aliphatic heterocycles. The van der Waals surface area contributed by atoms with Crippen LogP contribution in [0.1, 0.15) is 352 Å². The molecule has 118 heavy (non-hydrogen) atoms. The van der Waals surface area contributed by atoms with E-state index in [2.05, 4.69) is 0 Å². The van der Waals surface area contributed by atoms with Gasteiger partial charge in [0.05, 0.1) is 124 Å². The summed E-state index contributed by atoms with van der Waals surface area (Å²) in [5, 5.41) is 0. The predicted molar refractivity (Wildman–Crippen MR) is 465 cm³/mol. The Hall–Kier alpha value is -7.75. The zero-order valence-corrected chi connectivity index (χ0v) is 64.7. The smallest absolute Gasteiger partial charge is 0.161 e. The van der Waals surface area contributed by atoms with Crippen molar-refractivity contribution >= 4 is 28.9 Å². The molecule has 20 nitrogen and oxygen atoms in total. The highest BCUT2D eigenvalue weighted by atomic mass is 16.5. The Morgan fingerprint density at radius 3 is 1.14 bits per heavy atom. The SMILES string of the molecule is [2H]c1c(OC([2H])([2H])[2H])c(OC([2H])([2H])[2H])c([2H])c2c1C1([2H])CC(=O)C(CC(C)C)CN1C([2H])([2H])C2([2H])[2H].[2H]c1c(OC([2H])([2H])[2H])c(OC)c([2H])c2c1C1([2H])CC(=O)C(C([2H])([2H])C([2H])(C([2H])([2H])[2H])C([2H])([2H])C)CN1C([2H])([2H])C2([2H])[2H].[2H]c1c2c(c([2H])c(OC([2H])([2H])[2H])c1OC([2H])([2H])[2H])C1CC(=O)C(C([2H])([2H])C([2H])(C([2H])([2H])[2H])C([2H])([2H])C)C([2H])([2H])N1CC2.[2H]c1c2c(c([2H])c(OC([2H])([2H])[2H])c1OC([2H])([2H])[2H])C1N(CC2)C([2H])([2H])C([2H])(C([2H])([2H])C([2H])(C([2H])([2H])[2H])C([2H])([2H])C)C(=O)C1([2H])[2H].[2H]c1c2c(c([2H])c(OC([2H])([2H])[2H])c1OC([2H])([2H])[2H])C1N(CC2)C([2H])([2H])C([2H])(CC(C)C)C(=O)C1([2H])[2H]. The summed E-state index contributed by atoms with van der Waals surface area (Å²) in [4.78, 5) is 71.0. The number of methoxy groups -OCH3 is 10. The zero-order chi connectivity index (χ0) is 157. The monoisotopic (exact) mass is 1710 g/mol. The Morgan fingerprint density at radius 1 is 0.398 bits per heavy atom. The number of carbonyl (C=O) groups excluding carboxylic acids is 5.